The molecule has 1 saturated heterocycles. The molecule has 1 N–H and O–H groups in total. The zero-order valence-electron chi connectivity index (χ0n) is 13.2. The quantitative estimate of drug-likeness (QED) is 0.908. The van der Waals surface area contributed by atoms with Crippen LogP contribution in [-0.4, -0.2) is 36.1 Å². The first-order valence-electron chi connectivity index (χ1n) is 7.50. The molecule has 0 aliphatic carbocycles. The van der Waals surface area contributed by atoms with Crippen LogP contribution in [0.2, 0.25) is 0 Å². The molecule has 0 atom stereocenters. The summed E-state index contributed by atoms with van der Waals surface area (Å²) in [7, 11) is 0. The van der Waals surface area contributed by atoms with E-state index in [9.17, 15) is 13.2 Å². The van der Waals surface area contributed by atoms with Gasteiger partial charge < -0.3 is 9.73 Å². The van der Waals surface area contributed by atoms with Crippen LogP contribution in [0.5, 0.6) is 0 Å². The van der Waals surface area contributed by atoms with E-state index < -0.39 is 11.7 Å². The Morgan fingerprint density at radius 3 is 2.62 bits per heavy atom. The van der Waals surface area contributed by atoms with Gasteiger partial charge in [-0.3, -0.25) is 4.90 Å². The molecule has 0 radical (unpaired) electrons. The van der Waals surface area contributed by atoms with Crippen LogP contribution in [0.4, 0.5) is 13.2 Å². The molecule has 0 amide bonds. The van der Waals surface area contributed by atoms with Gasteiger partial charge in [-0.1, -0.05) is 6.07 Å². The molecule has 2 heterocycles. The average molecular weight is 362 g/mol. The van der Waals surface area contributed by atoms with Crippen LogP contribution in [0, 0.1) is 6.92 Å². The highest BCUT2D eigenvalue weighted by Gasteiger charge is 2.31. The molecule has 0 unspecified atom stereocenters. The molecular formula is C16H19ClF3N3O. The molecule has 1 fully saturated rings. The molecule has 1 aliphatic heterocycles. The van der Waals surface area contributed by atoms with Gasteiger partial charge in [0.1, 0.15) is 5.76 Å². The summed E-state index contributed by atoms with van der Waals surface area (Å²) in [5.41, 5.74) is 0.420. The number of hydrogen-bond donors (Lipinski definition) is 1. The van der Waals surface area contributed by atoms with Crippen LogP contribution >= 0.6 is 12.4 Å². The van der Waals surface area contributed by atoms with Gasteiger partial charge in [-0.2, -0.15) is 13.2 Å². The van der Waals surface area contributed by atoms with Crippen molar-refractivity contribution in [1.82, 2.24) is 15.2 Å². The van der Waals surface area contributed by atoms with E-state index in [1.165, 1.54) is 6.07 Å². The van der Waals surface area contributed by atoms with E-state index in [0.717, 1.165) is 44.0 Å². The lowest BCUT2D eigenvalue weighted by Crippen LogP contribution is -2.43. The zero-order chi connectivity index (χ0) is 16.4. The van der Waals surface area contributed by atoms with Gasteiger partial charge in [-0.05, 0) is 25.1 Å². The van der Waals surface area contributed by atoms with Crippen molar-refractivity contribution in [1.29, 1.82) is 0 Å². The second kappa shape index (κ2) is 7.55. The van der Waals surface area contributed by atoms with E-state index in [1.54, 1.807) is 13.0 Å². The molecule has 2 aromatic rings. The fourth-order valence-electron chi connectivity index (χ4n) is 2.61. The van der Waals surface area contributed by atoms with Crippen molar-refractivity contribution in [3.05, 3.63) is 41.3 Å². The lowest BCUT2D eigenvalue weighted by Gasteiger charge is -2.26. The number of nitrogens with one attached hydrogen (secondary N) is 1. The number of rotatable bonds is 3. The summed E-state index contributed by atoms with van der Waals surface area (Å²) in [6.45, 7) is 6.14. The molecule has 4 nitrogen and oxygen atoms in total. The fourth-order valence-corrected chi connectivity index (χ4v) is 2.61. The van der Waals surface area contributed by atoms with Gasteiger partial charge in [0.2, 0.25) is 5.89 Å². The van der Waals surface area contributed by atoms with E-state index in [1.807, 2.05) is 0 Å². The summed E-state index contributed by atoms with van der Waals surface area (Å²) in [4.78, 5) is 6.65. The monoisotopic (exact) mass is 361 g/mol. The third-order valence-electron chi connectivity index (χ3n) is 3.91. The fraction of sp³-hybridized carbons (Fsp3) is 0.438. The second-order valence-corrected chi connectivity index (χ2v) is 5.63. The summed E-state index contributed by atoms with van der Waals surface area (Å²) < 4.78 is 44.0. The minimum Gasteiger partial charge on any atom is -0.441 e. The minimum atomic E-state index is -4.37. The maximum absolute atomic E-state index is 12.8. The van der Waals surface area contributed by atoms with Crippen LogP contribution in [0.1, 0.15) is 17.0 Å². The predicted octanol–water partition coefficient (Wildman–Crippen LogP) is 3.50. The number of piperazine rings is 1. The first-order chi connectivity index (χ1) is 10.9. The van der Waals surface area contributed by atoms with Gasteiger partial charge >= 0.3 is 6.18 Å². The number of halogens is 4. The van der Waals surface area contributed by atoms with Gasteiger partial charge in [0.15, 0.2) is 0 Å². The number of benzene rings is 1. The van der Waals surface area contributed by atoms with Crippen molar-refractivity contribution < 1.29 is 17.6 Å². The van der Waals surface area contributed by atoms with Crippen molar-refractivity contribution in [2.24, 2.45) is 0 Å². The number of oxazole rings is 1. The van der Waals surface area contributed by atoms with Crippen LogP contribution in [-0.2, 0) is 12.7 Å². The highest BCUT2D eigenvalue weighted by molar-refractivity contribution is 5.85. The Labute approximate surface area is 144 Å². The normalized spacial score (nSPS) is 16.0. The van der Waals surface area contributed by atoms with Crippen molar-refractivity contribution in [3.63, 3.8) is 0 Å². The Balaban J connectivity index is 0.00000208. The van der Waals surface area contributed by atoms with Crippen LogP contribution in [0.15, 0.2) is 28.7 Å². The maximum atomic E-state index is 12.8. The molecule has 0 bridgehead atoms. The number of aryl methyl sites for hydroxylation is 1. The molecule has 1 aliphatic rings. The lowest BCUT2D eigenvalue weighted by molar-refractivity contribution is -0.137. The number of aromatic nitrogens is 1. The second-order valence-electron chi connectivity index (χ2n) is 5.63. The van der Waals surface area contributed by atoms with Crippen LogP contribution in [0.25, 0.3) is 11.5 Å². The smallest absolute Gasteiger partial charge is 0.416 e. The van der Waals surface area contributed by atoms with Gasteiger partial charge in [0.05, 0.1) is 11.3 Å². The van der Waals surface area contributed by atoms with E-state index >= 15 is 0 Å². The van der Waals surface area contributed by atoms with E-state index in [-0.39, 0.29) is 18.3 Å². The Kier molecular flexibility index (Phi) is 5.90. The summed E-state index contributed by atoms with van der Waals surface area (Å²) in [5.74, 6) is 0.884. The lowest BCUT2D eigenvalue weighted by atomic mass is 10.1. The average Bonchev–Trinajstić information content (AvgIpc) is 2.89. The molecule has 1 aromatic heterocycles. The maximum Gasteiger partial charge on any atom is 0.416 e. The Hall–Kier alpha value is -1.57. The van der Waals surface area contributed by atoms with E-state index in [4.69, 9.17) is 4.42 Å². The highest BCUT2D eigenvalue weighted by atomic mass is 35.5. The summed E-state index contributed by atoms with van der Waals surface area (Å²) in [5, 5.41) is 3.27. The molecule has 1 aromatic carbocycles. The van der Waals surface area contributed by atoms with Crippen LogP contribution in [0.3, 0.4) is 0 Å². The van der Waals surface area contributed by atoms with Crippen molar-refractivity contribution >= 4 is 12.4 Å². The van der Waals surface area contributed by atoms with Gasteiger partial charge in [-0.15, -0.1) is 12.4 Å². The highest BCUT2D eigenvalue weighted by Crippen LogP contribution is 2.32. The van der Waals surface area contributed by atoms with Gasteiger partial charge in [0.25, 0.3) is 0 Å². The van der Waals surface area contributed by atoms with Gasteiger partial charge in [0, 0.05) is 38.3 Å². The summed E-state index contributed by atoms with van der Waals surface area (Å²) >= 11 is 0. The molecule has 3 rings (SSSR count). The van der Waals surface area contributed by atoms with Crippen molar-refractivity contribution in [3.8, 4) is 11.5 Å². The summed E-state index contributed by atoms with van der Waals surface area (Å²) in [6, 6.07) is 5.06. The number of hydrogen-bond acceptors (Lipinski definition) is 4. The summed E-state index contributed by atoms with van der Waals surface area (Å²) in [6.07, 6.45) is -4.37. The minimum absolute atomic E-state index is 0. The van der Waals surface area contributed by atoms with E-state index in [2.05, 4.69) is 15.2 Å². The first-order valence-corrected chi connectivity index (χ1v) is 7.50. The molecule has 0 spiro atoms. The third-order valence-corrected chi connectivity index (χ3v) is 3.91. The zero-order valence-corrected chi connectivity index (χ0v) is 14.0. The Morgan fingerprint density at radius 1 is 1.25 bits per heavy atom. The Bertz CT molecular complexity index is 681. The van der Waals surface area contributed by atoms with E-state index in [0.29, 0.717) is 17.9 Å². The third kappa shape index (κ3) is 4.28. The predicted molar refractivity (Wildman–Crippen MR) is 87.1 cm³/mol. The molecule has 24 heavy (non-hydrogen) atoms. The first kappa shape index (κ1) is 18.8. The van der Waals surface area contributed by atoms with Crippen LogP contribution < -0.4 is 5.32 Å². The Morgan fingerprint density at radius 2 is 1.96 bits per heavy atom. The standard InChI is InChI=1S/C16H18F3N3O.ClH/c1-11-14(10-22-7-5-20-6-8-22)21-15(23-11)12-3-2-4-13(9-12)16(17,18)19;/h2-4,9,20H,5-8,10H2,1H3;1H. The molecule has 8 heteroatoms. The van der Waals surface area contributed by atoms with Gasteiger partial charge in [-0.25, -0.2) is 4.98 Å². The molecule has 0 saturated carbocycles. The van der Waals surface area contributed by atoms with Crippen molar-refractivity contribution in [2.75, 3.05) is 26.2 Å². The topological polar surface area (TPSA) is 41.3 Å². The SMILES string of the molecule is Cc1oc(-c2cccc(C(F)(F)F)c2)nc1CN1CCNCC1.Cl. The molecule has 132 valence electrons. The molecular weight excluding hydrogens is 343 g/mol. The largest absolute Gasteiger partial charge is 0.441 e. The van der Waals surface area contributed by atoms with Crippen molar-refractivity contribution in [2.45, 2.75) is 19.6 Å². The number of nitrogens with zero attached hydrogens (tertiary/aromatic N) is 2. The number of alkyl halides is 3.